The van der Waals surface area contributed by atoms with E-state index in [0.29, 0.717) is 0 Å². The molecule has 1 aromatic carbocycles. The first kappa shape index (κ1) is 8.17. The van der Waals surface area contributed by atoms with E-state index in [0.717, 1.165) is 5.56 Å². The van der Waals surface area contributed by atoms with Crippen LogP contribution in [0.3, 0.4) is 0 Å². The summed E-state index contributed by atoms with van der Waals surface area (Å²) < 4.78 is 0. The first-order valence-electron chi connectivity index (χ1n) is 3.42. The molecule has 0 saturated heterocycles. The molecule has 0 atom stereocenters. The smallest absolute Gasteiger partial charge is 0.338 e. The summed E-state index contributed by atoms with van der Waals surface area (Å²) in [4.78, 5) is 3.59. The van der Waals surface area contributed by atoms with Crippen molar-refractivity contribution in [1.29, 1.82) is 5.41 Å². The summed E-state index contributed by atoms with van der Waals surface area (Å²) in [5.41, 5.74) is 5.89. The molecule has 0 fully saturated rings. The largest absolute Gasteiger partial charge is 0.362 e. The Balaban J connectivity index is 2.77. The minimum Gasteiger partial charge on any atom is -0.362 e. The van der Waals surface area contributed by atoms with E-state index in [1.165, 1.54) is 0 Å². The Morgan fingerprint density at radius 2 is 2.08 bits per heavy atom. The van der Waals surface area contributed by atoms with Gasteiger partial charge >= 0.3 is 6.21 Å². The fraction of sp³-hybridized carbons (Fsp3) is 0. The van der Waals surface area contributed by atoms with E-state index in [9.17, 15) is 0 Å². The van der Waals surface area contributed by atoms with Crippen molar-refractivity contribution in [1.82, 2.24) is 0 Å². The van der Waals surface area contributed by atoms with E-state index in [2.05, 4.69) is 9.90 Å². The number of nitrogens with one attached hydrogen (secondary N) is 1. The number of nitrogens with zero attached hydrogens (tertiary/aromatic N) is 2. The molecule has 1 aromatic rings. The molecule has 60 valence electrons. The molecule has 12 heavy (non-hydrogen) atoms. The molecule has 4 nitrogen and oxygen atoms in total. The lowest BCUT2D eigenvalue weighted by molar-refractivity contribution is -0.0653. The minimum absolute atomic E-state index is 0.290. The van der Waals surface area contributed by atoms with Gasteiger partial charge in [-0.05, 0) is 12.1 Å². The molecule has 0 aliphatic heterocycles. The van der Waals surface area contributed by atoms with Gasteiger partial charge in [0.1, 0.15) is 0 Å². The van der Waals surface area contributed by atoms with E-state index in [1.807, 2.05) is 30.3 Å². The third kappa shape index (κ3) is 2.77. The molecule has 0 radical (unpaired) electrons. The Morgan fingerprint density at radius 3 is 2.67 bits per heavy atom. The van der Waals surface area contributed by atoms with Crippen LogP contribution < -0.4 is 5.73 Å². The predicted molar refractivity (Wildman–Crippen MR) is 46.2 cm³/mol. The Hall–Kier alpha value is -1.93. The molecule has 0 heterocycles. The van der Waals surface area contributed by atoms with Crippen molar-refractivity contribution in [2.24, 2.45) is 10.8 Å². The maximum absolute atomic E-state index is 6.76. The molecule has 0 bridgehead atoms. The molecular formula is C8H9N4+. The number of nitrogens with two attached hydrogens (primary N) is 1. The van der Waals surface area contributed by atoms with Crippen molar-refractivity contribution in [3.8, 4) is 0 Å². The van der Waals surface area contributed by atoms with Crippen LogP contribution in [0.2, 0.25) is 0 Å². The van der Waals surface area contributed by atoms with Crippen molar-refractivity contribution in [2.75, 3.05) is 0 Å². The van der Waals surface area contributed by atoms with Gasteiger partial charge in [-0.25, -0.2) is 0 Å². The van der Waals surface area contributed by atoms with Gasteiger partial charge in [-0.1, -0.05) is 18.2 Å². The minimum atomic E-state index is -0.290. The second-order valence-corrected chi connectivity index (χ2v) is 2.14. The van der Waals surface area contributed by atoms with Gasteiger partial charge < -0.3 is 5.73 Å². The Morgan fingerprint density at radius 1 is 1.42 bits per heavy atom. The van der Waals surface area contributed by atoms with Gasteiger partial charge in [-0.3, -0.25) is 5.41 Å². The topological polar surface area (TPSA) is 76.3 Å². The summed E-state index contributed by atoms with van der Waals surface area (Å²) in [5.74, 6) is -0.290. The van der Waals surface area contributed by atoms with Gasteiger partial charge in [-0.15, -0.1) is 0 Å². The summed E-state index contributed by atoms with van der Waals surface area (Å²) in [7, 11) is 0. The maximum Gasteiger partial charge on any atom is 0.338 e. The standard InChI is InChI=1S/C8H9N4/c9-8(10)12-11-6-7-4-2-1-3-5-7/h1-6H,(H3,9,10)/q+1. The third-order valence-electron chi connectivity index (χ3n) is 1.17. The predicted octanol–water partition coefficient (Wildman–Crippen LogP) is 0.659. The Bertz CT molecular complexity index is 322. The van der Waals surface area contributed by atoms with Crippen molar-refractivity contribution >= 4 is 12.2 Å². The summed E-state index contributed by atoms with van der Waals surface area (Å²) in [6.07, 6.45) is 1.54. The first-order chi connectivity index (χ1) is 5.79. The fourth-order valence-corrected chi connectivity index (χ4v) is 0.697. The zero-order valence-electron chi connectivity index (χ0n) is 6.44. The number of guanidine groups is 1. The lowest BCUT2D eigenvalue weighted by atomic mass is 10.2. The highest BCUT2D eigenvalue weighted by molar-refractivity contribution is 5.76. The van der Waals surface area contributed by atoms with Crippen LogP contribution in [0.1, 0.15) is 5.56 Å². The van der Waals surface area contributed by atoms with Crippen LogP contribution in [-0.2, 0) is 0 Å². The van der Waals surface area contributed by atoms with Gasteiger partial charge in [0, 0.05) is 0 Å². The molecule has 0 unspecified atom stereocenters. The van der Waals surface area contributed by atoms with E-state index in [1.54, 1.807) is 6.21 Å². The SMILES string of the molecule is N=C(N)N=[N+]=Cc1ccccc1. The quantitative estimate of drug-likeness (QED) is 0.270. The number of rotatable bonds is 1. The van der Waals surface area contributed by atoms with Crippen molar-refractivity contribution < 1.29 is 4.79 Å². The van der Waals surface area contributed by atoms with Gasteiger partial charge in [0.25, 0.3) is 5.96 Å². The zero-order chi connectivity index (χ0) is 8.81. The number of hydrogen-bond acceptors (Lipinski definition) is 1. The summed E-state index contributed by atoms with van der Waals surface area (Å²) in [6, 6.07) is 9.49. The van der Waals surface area contributed by atoms with Crippen LogP contribution >= 0.6 is 0 Å². The third-order valence-corrected chi connectivity index (χ3v) is 1.17. The van der Waals surface area contributed by atoms with Crippen molar-refractivity contribution in [3.05, 3.63) is 35.9 Å². The summed E-state index contributed by atoms with van der Waals surface area (Å²) in [6.45, 7) is 0. The Labute approximate surface area is 70.0 Å². The van der Waals surface area contributed by atoms with Crippen LogP contribution in [0.15, 0.2) is 35.4 Å². The van der Waals surface area contributed by atoms with Gasteiger partial charge in [0.15, 0.2) is 5.11 Å². The molecule has 0 spiro atoms. The van der Waals surface area contributed by atoms with Crippen molar-refractivity contribution in [3.63, 3.8) is 0 Å². The number of benzene rings is 1. The van der Waals surface area contributed by atoms with E-state index in [-0.39, 0.29) is 5.96 Å². The van der Waals surface area contributed by atoms with Crippen molar-refractivity contribution in [2.45, 2.75) is 0 Å². The maximum atomic E-state index is 6.76. The average molecular weight is 161 g/mol. The highest BCUT2D eigenvalue weighted by Crippen LogP contribution is 1.91. The average Bonchev–Trinajstić information content (AvgIpc) is 2.05. The molecule has 4 heteroatoms. The van der Waals surface area contributed by atoms with E-state index < -0.39 is 0 Å². The molecule has 0 aliphatic rings. The van der Waals surface area contributed by atoms with Gasteiger partial charge in [-0.2, -0.15) is 0 Å². The van der Waals surface area contributed by atoms with E-state index >= 15 is 0 Å². The lowest BCUT2D eigenvalue weighted by Gasteiger charge is -1.79. The monoisotopic (exact) mass is 161 g/mol. The molecule has 1 rings (SSSR count). The summed E-state index contributed by atoms with van der Waals surface area (Å²) in [5, 5.41) is 10.1. The van der Waals surface area contributed by atoms with Gasteiger partial charge in [0.2, 0.25) is 0 Å². The van der Waals surface area contributed by atoms with Gasteiger partial charge in [0.05, 0.1) is 10.4 Å². The van der Waals surface area contributed by atoms with Crippen LogP contribution in [0, 0.1) is 5.41 Å². The highest BCUT2D eigenvalue weighted by Gasteiger charge is 1.91. The van der Waals surface area contributed by atoms with Crippen LogP contribution in [-0.4, -0.2) is 17.0 Å². The molecule has 0 saturated carbocycles. The fourth-order valence-electron chi connectivity index (χ4n) is 0.697. The number of hydrogen-bond donors (Lipinski definition) is 2. The first-order valence-corrected chi connectivity index (χ1v) is 3.42. The zero-order valence-corrected chi connectivity index (χ0v) is 6.44. The normalized spacial score (nSPS) is 8.33. The van der Waals surface area contributed by atoms with E-state index in [4.69, 9.17) is 11.1 Å². The molecule has 3 N–H and O–H groups in total. The lowest BCUT2D eigenvalue weighted by Crippen LogP contribution is -2.04. The second-order valence-electron chi connectivity index (χ2n) is 2.14. The highest BCUT2D eigenvalue weighted by atomic mass is 15.1. The van der Waals surface area contributed by atoms with Crippen LogP contribution in [0.25, 0.3) is 0 Å². The van der Waals surface area contributed by atoms with Crippen LogP contribution in [0.5, 0.6) is 0 Å². The molecular weight excluding hydrogens is 152 g/mol. The Kier molecular flexibility index (Phi) is 2.76. The molecule has 0 amide bonds. The molecule has 0 aliphatic carbocycles. The molecule has 0 aromatic heterocycles. The second kappa shape index (κ2) is 4.05. The van der Waals surface area contributed by atoms with Crippen LogP contribution in [0.4, 0.5) is 0 Å². The summed E-state index contributed by atoms with van der Waals surface area (Å²) >= 11 is 0.